The van der Waals surface area contributed by atoms with Crippen molar-refractivity contribution in [2.24, 2.45) is 0 Å². The van der Waals surface area contributed by atoms with Gasteiger partial charge in [-0.1, -0.05) is 51.1 Å². The van der Waals surface area contributed by atoms with E-state index in [0.717, 1.165) is 11.3 Å². The van der Waals surface area contributed by atoms with Gasteiger partial charge in [-0.3, -0.25) is 4.79 Å². The third-order valence-electron chi connectivity index (χ3n) is 3.29. The van der Waals surface area contributed by atoms with Crippen molar-refractivity contribution >= 4 is 23.8 Å². The van der Waals surface area contributed by atoms with Crippen molar-refractivity contribution < 1.29 is 14.7 Å². The van der Waals surface area contributed by atoms with Crippen molar-refractivity contribution in [1.29, 1.82) is 0 Å². The van der Waals surface area contributed by atoms with E-state index >= 15 is 0 Å². The maximum absolute atomic E-state index is 12.0. The van der Waals surface area contributed by atoms with E-state index in [4.69, 9.17) is 5.11 Å². The van der Waals surface area contributed by atoms with Gasteiger partial charge in [-0.15, -0.1) is 0 Å². The number of thioether (sulfide) groups is 1. The van der Waals surface area contributed by atoms with E-state index in [0.29, 0.717) is 19.4 Å². The quantitative estimate of drug-likeness (QED) is 0.596. The number of carboxylic acid groups (broad SMARTS) is 1. The molecule has 0 saturated heterocycles. The van der Waals surface area contributed by atoms with Crippen LogP contribution < -0.4 is 10.6 Å². The number of hydrogen-bond acceptors (Lipinski definition) is 3. The molecule has 0 fully saturated rings. The standard InChI is InChI=1S/C18H28N2O3S/c1-18(2,3)24-12-11-19-17(23)20-15(9-10-16(21)22)13-14-7-5-4-6-8-14/h4-8,15H,9-13H2,1-3H3,(H,21,22)(H2,19,20,23). The monoisotopic (exact) mass is 352 g/mol. The van der Waals surface area contributed by atoms with Gasteiger partial charge in [0.1, 0.15) is 0 Å². The van der Waals surface area contributed by atoms with Gasteiger partial charge in [0.05, 0.1) is 0 Å². The maximum Gasteiger partial charge on any atom is 0.315 e. The summed E-state index contributed by atoms with van der Waals surface area (Å²) in [7, 11) is 0. The average molecular weight is 353 g/mol. The number of nitrogens with one attached hydrogen (secondary N) is 2. The summed E-state index contributed by atoms with van der Waals surface area (Å²) >= 11 is 1.79. The molecule has 0 aromatic heterocycles. The van der Waals surface area contributed by atoms with Gasteiger partial charge in [0.25, 0.3) is 0 Å². The van der Waals surface area contributed by atoms with Crippen LogP contribution in [0, 0.1) is 0 Å². The topological polar surface area (TPSA) is 78.4 Å². The second kappa shape index (κ2) is 10.2. The first kappa shape index (κ1) is 20.4. The van der Waals surface area contributed by atoms with Crippen molar-refractivity contribution in [2.75, 3.05) is 12.3 Å². The zero-order chi connectivity index (χ0) is 18.0. The molecule has 0 heterocycles. The Kier molecular flexibility index (Phi) is 8.68. The molecule has 0 bridgehead atoms. The molecule has 1 atom stereocenters. The van der Waals surface area contributed by atoms with Crippen LogP contribution >= 0.6 is 11.8 Å². The number of carboxylic acids is 1. The van der Waals surface area contributed by atoms with Crippen LogP contribution in [-0.4, -0.2) is 40.2 Å². The van der Waals surface area contributed by atoms with Gasteiger partial charge in [-0.25, -0.2) is 4.79 Å². The van der Waals surface area contributed by atoms with Crippen LogP contribution in [0.4, 0.5) is 4.79 Å². The molecule has 134 valence electrons. The van der Waals surface area contributed by atoms with Crippen LogP contribution in [0.5, 0.6) is 0 Å². The fraction of sp³-hybridized carbons (Fsp3) is 0.556. The molecule has 0 spiro atoms. The fourth-order valence-electron chi connectivity index (χ4n) is 2.18. The van der Waals surface area contributed by atoms with Crippen molar-refractivity contribution in [3.63, 3.8) is 0 Å². The molecule has 1 aromatic rings. The van der Waals surface area contributed by atoms with Crippen LogP contribution in [0.3, 0.4) is 0 Å². The molecule has 6 heteroatoms. The highest BCUT2D eigenvalue weighted by molar-refractivity contribution is 8.00. The van der Waals surface area contributed by atoms with Gasteiger partial charge in [0.2, 0.25) is 0 Å². The van der Waals surface area contributed by atoms with Gasteiger partial charge in [-0.2, -0.15) is 11.8 Å². The fourth-order valence-corrected chi connectivity index (χ4v) is 3.00. The third-order valence-corrected chi connectivity index (χ3v) is 4.56. The Hall–Kier alpha value is -1.69. The maximum atomic E-state index is 12.0. The van der Waals surface area contributed by atoms with Crippen LogP contribution in [0.2, 0.25) is 0 Å². The minimum absolute atomic E-state index is 0.0393. The number of amides is 2. The lowest BCUT2D eigenvalue weighted by Gasteiger charge is -2.20. The molecule has 1 unspecified atom stereocenters. The molecule has 1 rings (SSSR count). The summed E-state index contributed by atoms with van der Waals surface area (Å²) in [4.78, 5) is 22.8. The van der Waals surface area contributed by atoms with Gasteiger partial charge >= 0.3 is 12.0 Å². The molecule has 3 N–H and O–H groups in total. The highest BCUT2D eigenvalue weighted by Crippen LogP contribution is 2.21. The van der Waals surface area contributed by atoms with Gasteiger partial charge in [-0.05, 0) is 18.4 Å². The van der Waals surface area contributed by atoms with E-state index in [9.17, 15) is 9.59 Å². The number of urea groups is 1. The van der Waals surface area contributed by atoms with E-state index in [1.165, 1.54) is 0 Å². The minimum atomic E-state index is -0.850. The molecule has 0 aliphatic carbocycles. The summed E-state index contributed by atoms with van der Waals surface area (Å²) < 4.78 is 0.176. The van der Waals surface area contributed by atoms with Crippen molar-refractivity contribution in [3.05, 3.63) is 35.9 Å². The molecule has 5 nitrogen and oxygen atoms in total. The minimum Gasteiger partial charge on any atom is -0.481 e. The summed E-state index contributed by atoms with van der Waals surface area (Å²) in [6.07, 6.45) is 1.07. The number of benzene rings is 1. The van der Waals surface area contributed by atoms with Crippen LogP contribution in [0.25, 0.3) is 0 Å². The predicted octanol–water partition coefficient (Wildman–Crippen LogP) is 3.29. The largest absolute Gasteiger partial charge is 0.481 e. The first-order valence-electron chi connectivity index (χ1n) is 8.20. The van der Waals surface area contributed by atoms with Crippen LogP contribution in [-0.2, 0) is 11.2 Å². The molecule has 24 heavy (non-hydrogen) atoms. The summed E-state index contributed by atoms with van der Waals surface area (Å²) in [5.41, 5.74) is 1.08. The van der Waals surface area contributed by atoms with Gasteiger partial charge in [0.15, 0.2) is 0 Å². The molecule has 0 aliphatic rings. The molecule has 2 amide bonds. The number of hydrogen-bond donors (Lipinski definition) is 3. The average Bonchev–Trinajstić information content (AvgIpc) is 2.49. The number of carbonyl (C=O) groups excluding carboxylic acids is 1. The zero-order valence-electron chi connectivity index (χ0n) is 14.7. The second-order valence-electron chi connectivity index (χ2n) is 6.68. The Morgan fingerprint density at radius 2 is 1.88 bits per heavy atom. The number of carbonyl (C=O) groups is 2. The van der Waals surface area contributed by atoms with E-state index in [1.54, 1.807) is 11.8 Å². The van der Waals surface area contributed by atoms with Crippen molar-refractivity contribution in [1.82, 2.24) is 10.6 Å². The van der Waals surface area contributed by atoms with Crippen LogP contribution in [0.15, 0.2) is 30.3 Å². The Morgan fingerprint density at radius 3 is 2.46 bits per heavy atom. The van der Waals surface area contributed by atoms with Crippen molar-refractivity contribution in [2.45, 2.75) is 50.8 Å². The lowest BCUT2D eigenvalue weighted by Crippen LogP contribution is -2.44. The molecule has 0 radical (unpaired) electrons. The van der Waals surface area contributed by atoms with Gasteiger partial charge in [0, 0.05) is 29.5 Å². The van der Waals surface area contributed by atoms with E-state index in [2.05, 4.69) is 31.4 Å². The van der Waals surface area contributed by atoms with Crippen LogP contribution in [0.1, 0.15) is 39.2 Å². The Balaban J connectivity index is 2.45. The van der Waals surface area contributed by atoms with Gasteiger partial charge < -0.3 is 15.7 Å². The lowest BCUT2D eigenvalue weighted by atomic mass is 10.0. The third kappa shape index (κ3) is 10.2. The smallest absolute Gasteiger partial charge is 0.315 e. The Morgan fingerprint density at radius 1 is 1.21 bits per heavy atom. The molecule has 1 aromatic carbocycles. The summed E-state index contributed by atoms with van der Waals surface area (Å²) in [6, 6.07) is 9.33. The summed E-state index contributed by atoms with van der Waals surface area (Å²) in [5.74, 6) is -0.00749. The lowest BCUT2D eigenvalue weighted by molar-refractivity contribution is -0.137. The zero-order valence-corrected chi connectivity index (χ0v) is 15.5. The number of aliphatic carboxylic acids is 1. The summed E-state index contributed by atoms with van der Waals surface area (Å²) in [5, 5.41) is 14.6. The van der Waals surface area contributed by atoms with E-state index in [-0.39, 0.29) is 23.2 Å². The summed E-state index contributed by atoms with van der Waals surface area (Å²) in [6.45, 7) is 7.00. The SMILES string of the molecule is CC(C)(C)SCCNC(=O)NC(CCC(=O)O)Cc1ccccc1. The van der Waals surface area contributed by atoms with Crippen molar-refractivity contribution in [3.8, 4) is 0 Å². The Bertz CT molecular complexity index is 515. The Labute approximate surface area is 148 Å². The molecule has 0 aliphatic heterocycles. The van der Waals surface area contributed by atoms with E-state index in [1.807, 2.05) is 30.3 Å². The van der Waals surface area contributed by atoms with E-state index < -0.39 is 5.97 Å². The predicted molar refractivity (Wildman–Crippen MR) is 99.5 cm³/mol. The number of rotatable bonds is 9. The highest BCUT2D eigenvalue weighted by Gasteiger charge is 2.15. The highest BCUT2D eigenvalue weighted by atomic mass is 32.2. The first-order valence-corrected chi connectivity index (χ1v) is 9.19. The normalized spacial score (nSPS) is 12.5. The molecule has 0 saturated carbocycles. The molecular weight excluding hydrogens is 324 g/mol. The molecular formula is C18H28N2O3S. The second-order valence-corrected chi connectivity index (χ2v) is 8.60. The first-order chi connectivity index (χ1) is 11.3.